The number of halogens is 3. The van der Waals surface area contributed by atoms with Gasteiger partial charge in [0.25, 0.3) is 0 Å². The average molecular weight is 417 g/mol. The highest BCUT2D eigenvalue weighted by atomic mass is 19.4. The Labute approximate surface area is 174 Å². The van der Waals surface area contributed by atoms with Crippen LogP contribution in [0.1, 0.15) is 23.6 Å². The van der Waals surface area contributed by atoms with E-state index in [-0.39, 0.29) is 11.9 Å². The number of fused-ring (bicyclic) bond motifs is 3. The van der Waals surface area contributed by atoms with Gasteiger partial charge < -0.3 is 15.1 Å². The number of nitrogens with zero attached hydrogens (tertiary/aromatic N) is 2. The summed E-state index contributed by atoms with van der Waals surface area (Å²) in [4.78, 5) is 17.2. The van der Waals surface area contributed by atoms with E-state index in [1.54, 1.807) is 6.07 Å². The van der Waals surface area contributed by atoms with Crippen molar-refractivity contribution in [3.63, 3.8) is 0 Å². The van der Waals surface area contributed by atoms with Gasteiger partial charge in [0.15, 0.2) is 0 Å². The predicted molar refractivity (Wildman–Crippen MR) is 112 cm³/mol. The van der Waals surface area contributed by atoms with Crippen LogP contribution in [0.4, 0.5) is 24.5 Å². The van der Waals surface area contributed by atoms with Crippen LogP contribution >= 0.6 is 0 Å². The van der Waals surface area contributed by atoms with Crippen molar-refractivity contribution < 1.29 is 18.0 Å². The van der Waals surface area contributed by atoms with Gasteiger partial charge >= 0.3 is 6.18 Å². The van der Waals surface area contributed by atoms with Gasteiger partial charge in [-0.2, -0.15) is 13.2 Å². The molecule has 2 heterocycles. The fourth-order valence-electron chi connectivity index (χ4n) is 4.59. The molecule has 2 aliphatic heterocycles. The molecular weight excluding hydrogens is 391 g/mol. The molecule has 0 spiro atoms. The van der Waals surface area contributed by atoms with E-state index in [0.717, 1.165) is 24.0 Å². The number of carbonyl (C=O) groups excluding carboxylic acids is 1. The number of carbonyl (C=O) groups is 1. The van der Waals surface area contributed by atoms with E-state index in [9.17, 15) is 18.0 Å². The van der Waals surface area contributed by atoms with Gasteiger partial charge in [-0.05, 0) is 56.2 Å². The Bertz CT molecular complexity index is 926. The minimum Gasteiger partial charge on any atom is -0.368 e. The molecule has 1 N–H and O–H groups in total. The second-order valence-corrected chi connectivity index (χ2v) is 8.09. The zero-order valence-corrected chi connectivity index (χ0v) is 17.2. The smallest absolute Gasteiger partial charge is 0.368 e. The average Bonchev–Trinajstić information content (AvgIpc) is 2.72. The number of aryl methyl sites for hydroxylation is 1. The van der Waals surface area contributed by atoms with E-state index in [1.165, 1.54) is 11.6 Å². The van der Waals surface area contributed by atoms with E-state index >= 15 is 0 Å². The molecule has 2 aliphatic rings. The van der Waals surface area contributed by atoms with Crippen LogP contribution in [0.2, 0.25) is 0 Å². The highest BCUT2D eigenvalue weighted by Gasteiger charge is 2.42. The van der Waals surface area contributed by atoms with Gasteiger partial charge in [0.2, 0.25) is 5.91 Å². The molecule has 0 bridgehead atoms. The van der Waals surface area contributed by atoms with Crippen LogP contribution in [0.3, 0.4) is 0 Å². The Morgan fingerprint density at radius 2 is 1.87 bits per heavy atom. The molecule has 2 atom stereocenters. The summed E-state index contributed by atoms with van der Waals surface area (Å²) in [7, 11) is 0. The highest BCUT2D eigenvalue weighted by molar-refractivity contribution is 5.82. The number of alkyl halides is 3. The van der Waals surface area contributed by atoms with Crippen molar-refractivity contribution in [2.45, 2.75) is 32.5 Å². The third-order valence-electron chi connectivity index (χ3n) is 6.13. The molecule has 0 saturated carbocycles. The first-order chi connectivity index (χ1) is 14.3. The maximum atomic E-state index is 13.2. The van der Waals surface area contributed by atoms with E-state index in [1.807, 2.05) is 13.8 Å². The van der Waals surface area contributed by atoms with Crippen LogP contribution < -0.4 is 15.1 Å². The molecule has 1 fully saturated rings. The van der Waals surface area contributed by atoms with Crippen LogP contribution in [-0.4, -0.2) is 38.1 Å². The largest absolute Gasteiger partial charge is 0.416 e. The second kappa shape index (κ2) is 7.85. The molecule has 160 valence electrons. The summed E-state index contributed by atoms with van der Waals surface area (Å²) in [5.74, 6) is -0.490. The molecule has 2 aromatic carbocycles. The van der Waals surface area contributed by atoms with E-state index in [4.69, 9.17) is 0 Å². The molecule has 2 unspecified atom stereocenters. The Hall–Kier alpha value is -2.70. The zero-order valence-electron chi connectivity index (χ0n) is 17.2. The Kier molecular flexibility index (Phi) is 5.38. The van der Waals surface area contributed by atoms with Crippen LogP contribution in [0, 0.1) is 12.8 Å². The number of piperazine rings is 1. The normalized spacial score (nSPS) is 21.1. The van der Waals surface area contributed by atoms with Gasteiger partial charge in [-0.15, -0.1) is 0 Å². The molecule has 2 aromatic rings. The van der Waals surface area contributed by atoms with Crippen molar-refractivity contribution in [3.8, 4) is 0 Å². The Morgan fingerprint density at radius 1 is 1.13 bits per heavy atom. The summed E-state index contributed by atoms with van der Waals surface area (Å²) >= 11 is 0. The molecule has 7 heteroatoms. The molecular formula is C23H26F3N3O. The van der Waals surface area contributed by atoms with Gasteiger partial charge in [0, 0.05) is 37.6 Å². The van der Waals surface area contributed by atoms with Gasteiger partial charge in [0.1, 0.15) is 0 Å². The summed E-state index contributed by atoms with van der Waals surface area (Å²) in [5, 5.41) is 2.88. The summed E-state index contributed by atoms with van der Waals surface area (Å²) in [6, 6.07) is 12.1. The fourth-order valence-corrected chi connectivity index (χ4v) is 4.59. The number of amides is 1. The van der Waals surface area contributed by atoms with Gasteiger partial charge in [-0.25, -0.2) is 0 Å². The van der Waals surface area contributed by atoms with Crippen molar-refractivity contribution >= 4 is 17.3 Å². The first-order valence-corrected chi connectivity index (χ1v) is 10.3. The minimum atomic E-state index is -4.39. The topological polar surface area (TPSA) is 35.6 Å². The quantitative estimate of drug-likeness (QED) is 0.820. The summed E-state index contributed by atoms with van der Waals surface area (Å²) < 4.78 is 39.7. The van der Waals surface area contributed by atoms with Crippen molar-refractivity contribution in [2.24, 2.45) is 5.92 Å². The maximum Gasteiger partial charge on any atom is 0.416 e. The second-order valence-electron chi connectivity index (χ2n) is 8.09. The summed E-state index contributed by atoms with van der Waals surface area (Å²) in [6.07, 6.45) is -4.08. The standard InChI is InChI=1S/C23H26F3N3O/c1-3-27-22(30)19-13-16-12-17(23(24,25)26)6-9-20(16)29-11-10-28(14-21(19)29)18-7-4-15(2)5-8-18/h4-9,12,19,21H,3,10-11,13-14H2,1-2H3,(H,27,30). The molecule has 4 nitrogen and oxygen atoms in total. The molecule has 0 aliphatic carbocycles. The Morgan fingerprint density at radius 3 is 2.53 bits per heavy atom. The van der Waals surface area contributed by atoms with Gasteiger partial charge in [-0.1, -0.05) is 17.7 Å². The summed E-state index contributed by atoms with van der Waals surface area (Å²) in [6.45, 7) is 6.47. The number of rotatable bonds is 3. The lowest BCUT2D eigenvalue weighted by Crippen LogP contribution is -2.61. The lowest BCUT2D eigenvalue weighted by molar-refractivity contribution is -0.137. The monoisotopic (exact) mass is 417 g/mol. The van der Waals surface area contributed by atoms with Crippen molar-refractivity contribution in [1.82, 2.24) is 5.32 Å². The van der Waals surface area contributed by atoms with Gasteiger partial charge in [0.05, 0.1) is 17.5 Å². The number of benzene rings is 2. The van der Waals surface area contributed by atoms with E-state index < -0.39 is 17.7 Å². The third-order valence-corrected chi connectivity index (χ3v) is 6.13. The first kappa shape index (κ1) is 20.6. The van der Waals surface area contributed by atoms with Crippen molar-refractivity contribution in [2.75, 3.05) is 36.0 Å². The van der Waals surface area contributed by atoms with Crippen LogP contribution in [0.15, 0.2) is 42.5 Å². The van der Waals surface area contributed by atoms with Crippen LogP contribution in [0.25, 0.3) is 0 Å². The van der Waals surface area contributed by atoms with E-state index in [2.05, 4.69) is 39.4 Å². The number of nitrogens with one attached hydrogen (secondary N) is 1. The molecule has 1 saturated heterocycles. The molecule has 0 aromatic heterocycles. The highest BCUT2D eigenvalue weighted by Crippen LogP contribution is 2.40. The predicted octanol–water partition coefficient (Wildman–Crippen LogP) is 4.02. The fraction of sp³-hybridized carbons (Fsp3) is 0.435. The number of hydrogen-bond acceptors (Lipinski definition) is 3. The molecule has 30 heavy (non-hydrogen) atoms. The third kappa shape index (κ3) is 3.85. The Balaban J connectivity index is 1.68. The van der Waals surface area contributed by atoms with Crippen molar-refractivity contribution in [1.29, 1.82) is 0 Å². The lowest BCUT2D eigenvalue weighted by Gasteiger charge is -2.49. The maximum absolute atomic E-state index is 13.2. The number of hydrogen-bond donors (Lipinski definition) is 1. The lowest BCUT2D eigenvalue weighted by atomic mass is 9.82. The van der Waals surface area contributed by atoms with E-state index in [0.29, 0.717) is 31.6 Å². The summed E-state index contributed by atoms with van der Waals surface area (Å²) in [5.41, 5.74) is 3.05. The molecule has 1 amide bonds. The molecule has 0 radical (unpaired) electrons. The first-order valence-electron chi connectivity index (χ1n) is 10.3. The van der Waals surface area contributed by atoms with Crippen molar-refractivity contribution in [3.05, 3.63) is 59.2 Å². The minimum absolute atomic E-state index is 0.0872. The van der Waals surface area contributed by atoms with Crippen LogP contribution in [-0.2, 0) is 17.4 Å². The number of anilines is 2. The zero-order chi connectivity index (χ0) is 21.5. The van der Waals surface area contributed by atoms with Gasteiger partial charge in [-0.3, -0.25) is 4.79 Å². The SMILES string of the molecule is CCNC(=O)C1Cc2cc(C(F)(F)F)ccc2N2CCN(c3ccc(C)cc3)CC12. The van der Waals surface area contributed by atoms with Crippen LogP contribution in [0.5, 0.6) is 0 Å². The molecule has 4 rings (SSSR count).